The first-order valence-electron chi connectivity index (χ1n) is 11.6. The van der Waals surface area contributed by atoms with Gasteiger partial charge >= 0.3 is 24.0 Å². The second kappa shape index (κ2) is 11.0. The molecule has 4 fully saturated rings. The Balaban J connectivity index is 1.37. The molecule has 4 aliphatic heterocycles. The van der Waals surface area contributed by atoms with Crippen LogP contribution < -0.4 is 10.6 Å². The summed E-state index contributed by atoms with van der Waals surface area (Å²) in [6.45, 7) is 0. The van der Waals surface area contributed by atoms with E-state index in [1.54, 1.807) is 23.5 Å². The van der Waals surface area contributed by atoms with E-state index in [1.807, 2.05) is 0 Å². The molecule has 188 valence electrons. The highest BCUT2D eigenvalue weighted by Crippen LogP contribution is 2.40. The number of hydrogen-bond donors (Lipinski definition) is 4. The molecule has 4 aliphatic rings. The van der Waals surface area contributed by atoms with E-state index in [4.69, 9.17) is 10.2 Å². The number of hydrogen-bond acceptors (Lipinski definition) is 8. The van der Waals surface area contributed by atoms with Crippen molar-refractivity contribution in [2.75, 3.05) is 11.5 Å². The van der Waals surface area contributed by atoms with Gasteiger partial charge in [0.1, 0.15) is 0 Å². The monoisotopic (exact) mass is 514 g/mol. The number of fused-ring (bicyclic) bond motifs is 2. The minimum Gasteiger partial charge on any atom is -0.481 e. The van der Waals surface area contributed by atoms with Crippen molar-refractivity contribution in [3.8, 4) is 0 Å². The third kappa shape index (κ3) is 5.53. The molecule has 14 heteroatoms. The van der Waals surface area contributed by atoms with Gasteiger partial charge in [0.05, 0.1) is 24.2 Å². The molecular weight excluding hydrogens is 484 g/mol. The molecule has 0 spiro atoms. The number of carboxylic acids is 2. The number of thioether (sulfide) groups is 2. The summed E-state index contributed by atoms with van der Waals surface area (Å²) in [6.07, 6.45) is 4.53. The van der Waals surface area contributed by atoms with Gasteiger partial charge < -0.3 is 20.8 Å². The number of urea groups is 2. The van der Waals surface area contributed by atoms with E-state index in [-0.39, 0.29) is 59.6 Å². The molecule has 0 aromatic rings. The predicted molar refractivity (Wildman–Crippen MR) is 125 cm³/mol. The Kier molecular flexibility index (Phi) is 8.06. The lowest BCUT2D eigenvalue weighted by atomic mass is 10.0. The summed E-state index contributed by atoms with van der Waals surface area (Å²) in [5.41, 5.74) is 0. The molecule has 0 aliphatic carbocycles. The van der Waals surface area contributed by atoms with Crippen LogP contribution in [-0.4, -0.2) is 90.4 Å². The van der Waals surface area contributed by atoms with Crippen LogP contribution in [0.4, 0.5) is 9.59 Å². The molecule has 4 rings (SSSR count). The van der Waals surface area contributed by atoms with E-state index in [1.165, 1.54) is 10.0 Å². The Morgan fingerprint density at radius 2 is 1.21 bits per heavy atom. The quantitative estimate of drug-likeness (QED) is 0.175. The summed E-state index contributed by atoms with van der Waals surface area (Å²) in [7, 11) is 0. The fourth-order valence-electron chi connectivity index (χ4n) is 5.04. The molecule has 0 bridgehead atoms. The maximum atomic E-state index is 12.6. The Hall–Kier alpha value is -2.22. The van der Waals surface area contributed by atoms with Crippen LogP contribution in [0.2, 0.25) is 0 Å². The van der Waals surface area contributed by atoms with Crippen molar-refractivity contribution in [1.82, 2.24) is 20.7 Å². The topological polar surface area (TPSA) is 164 Å². The molecule has 0 saturated carbocycles. The van der Waals surface area contributed by atoms with Gasteiger partial charge in [-0.2, -0.15) is 33.5 Å². The lowest BCUT2D eigenvalue weighted by Crippen LogP contribution is -2.40. The zero-order valence-corrected chi connectivity index (χ0v) is 20.3. The Labute approximate surface area is 205 Å². The molecule has 34 heavy (non-hydrogen) atoms. The Morgan fingerprint density at radius 3 is 1.59 bits per heavy atom. The van der Waals surface area contributed by atoms with Crippen LogP contribution in [-0.2, 0) is 9.59 Å². The number of aliphatic carboxylic acids is 2. The maximum absolute atomic E-state index is 12.6. The van der Waals surface area contributed by atoms with Gasteiger partial charge in [-0.05, 0) is 36.1 Å². The van der Waals surface area contributed by atoms with E-state index in [2.05, 4.69) is 21.1 Å². The fourth-order valence-corrected chi connectivity index (χ4v) is 8.18. The van der Waals surface area contributed by atoms with Crippen molar-refractivity contribution >= 4 is 47.5 Å². The molecule has 4 heterocycles. The number of carboxylic acid groups (broad SMARTS) is 2. The number of nitrogens with zero attached hydrogens (tertiary/aromatic N) is 4. The lowest BCUT2D eigenvalue weighted by molar-refractivity contribution is -0.138. The molecule has 0 unspecified atom stereocenters. The summed E-state index contributed by atoms with van der Waals surface area (Å²) in [5.74, 6) is -0.0958. The van der Waals surface area contributed by atoms with E-state index < -0.39 is 11.9 Å². The summed E-state index contributed by atoms with van der Waals surface area (Å²) in [4.78, 5) is 46.6. The summed E-state index contributed by atoms with van der Waals surface area (Å²) in [5, 5.41) is 34.9. The van der Waals surface area contributed by atoms with Gasteiger partial charge in [0, 0.05) is 34.8 Å². The summed E-state index contributed by atoms with van der Waals surface area (Å²) >= 11 is 3.49. The Bertz CT molecular complexity index is 780. The maximum Gasteiger partial charge on any atom is 0.339 e. The van der Waals surface area contributed by atoms with Gasteiger partial charge in [-0.3, -0.25) is 9.59 Å². The molecule has 6 atom stereocenters. The first-order chi connectivity index (χ1) is 16.3. The molecule has 12 nitrogen and oxygen atoms in total. The SMILES string of the molecule is O=C(O)CCCC[C@H]1SC[C@H]2NC(=O)N(/N=N/N3C(=O)N[C@@H]4CS[C@H](CCCCC(=O)O)[C@@H]43)[C@H]21. The lowest BCUT2D eigenvalue weighted by Gasteiger charge is -2.24. The van der Waals surface area contributed by atoms with Crippen molar-refractivity contribution < 1.29 is 29.4 Å². The van der Waals surface area contributed by atoms with E-state index >= 15 is 0 Å². The first-order valence-corrected chi connectivity index (χ1v) is 13.7. The highest BCUT2D eigenvalue weighted by molar-refractivity contribution is 8.00. The van der Waals surface area contributed by atoms with E-state index in [0.29, 0.717) is 12.8 Å². The molecule has 0 radical (unpaired) electrons. The largest absolute Gasteiger partial charge is 0.481 e. The highest BCUT2D eigenvalue weighted by Gasteiger charge is 2.51. The number of amides is 4. The molecule has 0 aromatic heterocycles. The zero-order chi connectivity index (χ0) is 24.2. The van der Waals surface area contributed by atoms with Crippen LogP contribution in [0.3, 0.4) is 0 Å². The molecular formula is C20H30N6O6S2. The van der Waals surface area contributed by atoms with Crippen LogP contribution in [0.5, 0.6) is 0 Å². The third-order valence-corrected chi connectivity index (χ3v) is 9.64. The standard InChI is InChI=1S/C20H30N6O6S2/c27-15(28)7-3-1-5-13-17-11(9-33-13)21-19(31)25(17)23-24-26-18-12(22-20(26)32)10-34-14(18)6-2-4-8-16(29)30/h11-14,17-18H,1-10H2,(H,21,31)(H,22,32)(H,27,28)(H,29,30)/b24-23+/t11-,12-,13-,14-,17-,18-/m1/s1. The van der Waals surface area contributed by atoms with Crippen LogP contribution in [0.15, 0.2) is 10.4 Å². The van der Waals surface area contributed by atoms with Crippen molar-refractivity contribution in [2.24, 2.45) is 10.4 Å². The first kappa shape index (κ1) is 24.9. The van der Waals surface area contributed by atoms with Crippen LogP contribution in [0.1, 0.15) is 51.4 Å². The number of nitrogens with one attached hydrogen (secondary N) is 2. The predicted octanol–water partition coefficient (Wildman–Crippen LogP) is 2.31. The number of unbranched alkanes of at least 4 members (excludes halogenated alkanes) is 2. The van der Waals surface area contributed by atoms with E-state index in [9.17, 15) is 19.2 Å². The molecule has 4 saturated heterocycles. The Morgan fingerprint density at radius 1 is 0.794 bits per heavy atom. The smallest absolute Gasteiger partial charge is 0.339 e. The van der Waals surface area contributed by atoms with Gasteiger partial charge in [-0.25, -0.2) is 9.59 Å². The third-order valence-electron chi connectivity index (χ3n) is 6.66. The fraction of sp³-hybridized carbons (Fsp3) is 0.800. The van der Waals surface area contributed by atoms with Gasteiger partial charge in [0.15, 0.2) is 0 Å². The van der Waals surface area contributed by atoms with Gasteiger partial charge in [0.2, 0.25) is 0 Å². The van der Waals surface area contributed by atoms with Crippen molar-refractivity contribution in [2.45, 2.75) is 86.0 Å². The normalized spacial score (nSPS) is 32.2. The van der Waals surface area contributed by atoms with Crippen LogP contribution >= 0.6 is 23.5 Å². The minimum absolute atomic E-state index is 0.0508. The van der Waals surface area contributed by atoms with Crippen molar-refractivity contribution in [3.63, 3.8) is 0 Å². The highest BCUT2D eigenvalue weighted by atomic mass is 32.2. The van der Waals surface area contributed by atoms with Gasteiger partial charge in [-0.15, -0.1) is 0 Å². The van der Waals surface area contributed by atoms with E-state index in [0.717, 1.165) is 37.2 Å². The summed E-state index contributed by atoms with van der Waals surface area (Å²) < 4.78 is 0. The average Bonchev–Trinajstić information content (AvgIpc) is 3.50. The minimum atomic E-state index is -0.808. The number of rotatable bonds is 12. The average molecular weight is 515 g/mol. The second-order valence-corrected chi connectivity index (χ2v) is 11.5. The molecule has 4 amide bonds. The zero-order valence-electron chi connectivity index (χ0n) is 18.7. The van der Waals surface area contributed by atoms with Gasteiger partial charge in [-0.1, -0.05) is 12.8 Å². The van der Waals surface area contributed by atoms with Crippen molar-refractivity contribution in [3.05, 3.63) is 0 Å². The number of carbonyl (C=O) groups excluding carboxylic acids is 2. The van der Waals surface area contributed by atoms with Crippen LogP contribution in [0, 0.1) is 0 Å². The second-order valence-electron chi connectivity index (χ2n) is 8.98. The van der Waals surface area contributed by atoms with Gasteiger partial charge in [0.25, 0.3) is 0 Å². The molecule has 4 N–H and O–H groups in total. The van der Waals surface area contributed by atoms with Crippen molar-refractivity contribution in [1.29, 1.82) is 0 Å². The molecule has 0 aromatic carbocycles. The number of carbonyl (C=O) groups is 4. The summed E-state index contributed by atoms with van der Waals surface area (Å²) in [6, 6.07) is -1.14. The van der Waals surface area contributed by atoms with Crippen LogP contribution in [0.25, 0.3) is 0 Å².